The Hall–Kier alpha value is -2.63. The number of fused-ring (bicyclic) bond motifs is 1. The van der Waals surface area contributed by atoms with Crippen LogP contribution in [0, 0.1) is 0 Å². The Labute approximate surface area is 155 Å². The molecule has 8 N–H and O–H groups in total. The predicted octanol–water partition coefficient (Wildman–Crippen LogP) is -3.81. The van der Waals surface area contributed by atoms with E-state index in [9.17, 15) is 10.2 Å². The van der Waals surface area contributed by atoms with E-state index in [1.54, 1.807) is 0 Å². The minimum absolute atomic E-state index is 0. The second-order valence-corrected chi connectivity index (χ2v) is 6.12. The van der Waals surface area contributed by atoms with Gasteiger partial charge in [0.05, 0.1) is 12.9 Å². The molecule has 1 saturated heterocycles. The van der Waals surface area contributed by atoms with Gasteiger partial charge in [-0.05, 0) is 0 Å². The molecule has 16 heteroatoms. The molecule has 1 fully saturated rings. The third kappa shape index (κ3) is 5.18. The summed E-state index contributed by atoms with van der Waals surface area (Å²) in [6.45, 7) is 0.0286. The van der Waals surface area contributed by atoms with Crippen LogP contribution in [0.4, 0.5) is 5.82 Å². The Morgan fingerprint density at radius 1 is 1.30 bits per heavy atom. The molecule has 0 aliphatic carbocycles. The van der Waals surface area contributed by atoms with Crippen LogP contribution in [0.15, 0.2) is 17.6 Å². The van der Waals surface area contributed by atoms with Gasteiger partial charge in [-0.2, -0.15) is 0 Å². The van der Waals surface area contributed by atoms with Gasteiger partial charge in [-0.15, -0.1) is 0 Å². The number of hydrogen-bond acceptors (Lipinski definition) is 12. The summed E-state index contributed by atoms with van der Waals surface area (Å²) in [7, 11) is -5.17. The molecule has 1 aliphatic heterocycles. The van der Waals surface area contributed by atoms with E-state index in [-0.39, 0.29) is 21.2 Å². The van der Waals surface area contributed by atoms with Crippen LogP contribution < -0.4 is 17.2 Å². The van der Waals surface area contributed by atoms with Crippen molar-refractivity contribution < 1.29 is 35.3 Å². The molecule has 0 spiro atoms. The molecule has 3 rings (SSSR count). The SMILES string of the molecule is NC(N)=NC[C@H]1O[C@@H](n2cnc3c(N)ncnc32)C(O)C1O.O=S(=O)([O-])[O-].[H+].[H+]. The van der Waals surface area contributed by atoms with Crippen molar-refractivity contribution in [3.8, 4) is 0 Å². The van der Waals surface area contributed by atoms with Crippen molar-refractivity contribution in [1.82, 2.24) is 19.5 Å². The van der Waals surface area contributed by atoms with Gasteiger partial charge in [0.1, 0.15) is 30.2 Å². The third-order valence-electron chi connectivity index (χ3n) is 3.45. The van der Waals surface area contributed by atoms with Gasteiger partial charge in [-0.1, -0.05) is 0 Å². The van der Waals surface area contributed by atoms with Gasteiger partial charge >= 0.3 is 2.85 Å². The van der Waals surface area contributed by atoms with Crippen LogP contribution in [0.1, 0.15) is 9.08 Å². The van der Waals surface area contributed by atoms with E-state index in [0.29, 0.717) is 11.2 Å². The first-order valence-corrected chi connectivity index (χ1v) is 8.49. The van der Waals surface area contributed by atoms with Crippen molar-refractivity contribution in [2.24, 2.45) is 16.5 Å². The minimum Gasteiger partial charge on any atom is -0.759 e. The summed E-state index contributed by atoms with van der Waals surface area (Å²) < 4.78 is 41.2. The lowest BCUT2D eigenvalue weighted by molar-refractivity contribution is -0.0320. The zero-order chi connectivity index (χ0) is 20.4. The molecular weight excluding hydrogens is 388 g/mol. The number of nitrogen functional groups attached to an aromatic ring is 1. The topological polar surface area (TPSA) is 264 Å². The smallest absolute Gasteiger partial charge is 0.759 e. The van der Waals surface area contributed by atoms with Crippen LogP contribution in [0.3, 0.4) is 0 Å². The number of anilines is 1. The quantitative estimate of drug-likeness (QED) is 0.142. The van der Waals surface area contributed by atoms with Gasteiger partial charge in [-0.25, -0.2) is 15.0 Å². The first-order valence-electron chi connectivity index (χ1n) is 7.15. The zero-order valence-corrected chi connectivity index (χ0v) is 14.3. The molecule has 2 aromatic heterocycles. The van der Waals surface area contributed by atoms with Crippen molar-refractivity contribution in [3.05, 3.63) is 12.7 Å². The molecule has 4 atom stereocenters. The fourth-order valence-corrected chi connectivity index (χ4v) is 2.36. The molecule has 0 radical (unpaired) electrons. The average Bonchev–Trinajstić information content (AvgIpc) is 3.08. The van der Waals surface area contributed by atoms with Gasteiger partial charge in [0, 0.05) is 10.4 Å². The van der Waals surface area contributed by atoms with Crippen LogP contribution in [0.2, 0.25) is 0 Å². The Morgan fingerprint density at radius 2 is 1.93 bits per heavy atom. The van der Waals surface area contributed by atoms with E-state index in [1.807, 2.05) is 0 Å². The maximum atomic E-state index is 10.2. The van der Waals surface area contributed by atoms with E-state index in [1.165, 1.54) is 17.2 Å². The molecule has 27 heavy (non-hydrogen) atoms. The first-order chi connectivity index (χ1) is 12.5. The fourth-order valence-electron chi connectivity index (χ4n) is 2.36. The van der Waals surface area contributed by atoms with Crippen molar-refractivity contribution >= 4 is 33.3 Å². The van der Waals surface area contributed by atoms with Crippen LogP contribution in [-0.2, 0) is 15.1 Å². The lowest BCUT2D eigenvalue weighted by Crippen LogP contribution is -2.34. The van der Waals surface area contributed by atoms with Crippen LogP contribution in [-0.4, -0.2) is 78.1 Å². The summed E-state index contributed by atoms with van der Waals surface area (Å²) in [5, 5.41) is 20.2. The standard InChI is InChI=1S/C11H16N8O3.H2O4S/c12-8-5-9(17-2-16-8)19(3-18-5)10-7(21)6(20)4(22-10)1-15-11(13)14;1-5(2,3)4/h2-4,6-7,10,20-21H,1H2,(H2,12,16,17)(H4,13,14,15);(H2,1,2,3,4)/t4-,6?,7?,10-;/m1./s1. The number of aliphatic hydroxyl groups is 2. The van der Waals surface area contributed by atoms with Crippen LogP contribution >= 0.6 is 0 Å². The molecule has 3 heterocycles. The average molecular weight is 406 g/mol. The Bertz CT molecular complexity index is 930. The fraction of sp³-hybridized carbons (Fsp3) is 0.455. The third-order valence-corrected chi connectivity index (χ3v) is 3.45. The Balaban J connectivity index is 0.00000101. The molecular formula is C11H18N8O7S. The molecule has 150 valence electrons. The molecule has 0 bridgehead atoms. The molecule has 1 aliphatic rings. The Morgan fingerprint density at radius 3 is 2.52 bits per heavy atom. The monoisotopic (exact) mass is 406 g/mol. The summed E-state index contributed by atoms with van der Waals surface area (Å²) in [6.07, 6.45) is -1.27. The number of aliphatic imine (C=N–C) groups is 1. The summed E-state index contributed by atoms with van der Waals surface area (Å²) >= 11 is 0. The van der Waals surface area contributed by atoms with Gasteiger partial charge in [0.25, 0.3) is 0 Å². The van der Waals surface area contributed by atoms with Crippen molar-refractivity contribution in [3.63, 3.8) is 0 Å². The van der Waals surface area contributed by atoms with E-state index >= 15 is 0 Å². The van der Waals surface area contributed by atoms with E-state index < -0.39 is 34.9 Å². The normalized spacial score (nSPS) is 25.0. The highest BCUT2D eigenvalue weighted by atomic mass is 32.3. The molecule has 2 aromatic rings. The second-order valence-electron chi connectivity index (χ2n) is 5.30. The van der Waals surface area contributed by atoms with Gasteiger partial charge < -0.3 is 41.3 Å². The summed E-state index contributed by atoms with van der Waals surface area (Å²) in [5.41, 5.74) is 17.0. The van der Waals surface area contributed by atoms with E-state index in [0.717, 1.165) is 0 Å². The maximum Gasteiger partial charge on any atom is 1.00 e. The van der Waals surface area contributed by atoms with Crippen LogP contribution in [0.25, 0.3) is 11.2 Å². The highest BCUT2D eigenvalue weighted by Crippen LogP contribution is 2.31. The number of nitrogens with two attached hydrogens (primary N) is 3. The number of hydrogen-bond donors (Lipinski definition) is 5. The van der Waals surface area contributed by atoms with Crippen LogP contribution in [0.5, 0.6) is 0 Å². The van der Waals surface area contributed by atoms with Gasteiger partial charge in [0.2, 0.25) is 0 Å². The number of rotatable bonds is 3. The number of guanidine groups is 1. The van der Waals surface area contributed by atoms with Crippen molar-refractivity contribution in [2.45, 2.75) is 24.5 Å². The molecule has 2 unspecified atom stereocenters. The van der Waals surface area contributed by atoms with E-state index in [4.69, 9.17) is 39.5 Å². The van der Waals surface area contributed by atoms with Gasteiger partial charge in [0.15, 0.2) is 23.7 Å². The lowest BCUT2D eigenvalue weighted by Gasteiger charge is -2.16. The first kappa shape index (κ1) is 20.7. The molecule has 15 nitrogen and oxygen atoms in total. The number of aromatic nitrogens is 4. The number of ether oxygens (including phenoxy) is 1. The maximum absolute atomic E-state index is 10.2. The lowest BCUT2D eigenvalue weighted by atomic mass is 10.1. The number of imidazole rings is 1. The summed E-state index contributed by atoms with van der Waals surface area (Å²) in [5.74, 6) is 0.0937. The highest BCUT2D eigenvalue weighted by molar-refractivity contribution is 7.79. The molecule has 0 saturated carbocycles. The van der Waals surface area contributed by atoms with E-state index in [2.05, 4.69) is 19.9 Å². The molecule has 0 aromatic carbocycles. The predicted molar refractivity (Wildman–Crippen MR) is 89.0 cm³/mol. The second kappa shape index (κ2) is 7.94. The van der Waals surface area contributed by atoms with Gasteiger partial charge in [-0.3, -0.25) is 18.0 Å². The minimum atomic E-state index is -5.17. The molecule has 0 amide bonds. The largest absolute Gasteiger partial charge is 1.00 e. The van der Waals surface area contributed by atoms with Crippen molar-refractivity contribution in [1.29, 1.82) is 0 Å². The number of nitrogens with zero attached hydrogens (tertiary/aromatic N) is 5. The summed E-state index contributed by atoms with van der Waals surface area (Å²) in [6, 6.07) is 0. The zero-order valence-electron chi connectivity index (χ0n) is 15.5. The van der Waals surface area contributed by atoms with Crippen molar-refractivity contribution in [2.75, 3.05) is 12.3 Å². The highest BCUT2D eigenvalue weighted by Gasteiger charge is 2.44. The Kier molecular flexibility index (Phi) is 6.08. The number of aliphatic hydroxyl groups excluding tert-OH is 2. The summed E-state index contributed by atoms with van der Waals surface area (Å²) in [4.78, 5) is 15.8.